The van der Waals surface area contributed by atoms with Gasteiger partial charge in [0.1, 0.15) is 11.9 Å². The minimum absolute atomic E-state index is 0.0824. The monoisotopic (exact) mass is 415 g/mol. The Labute approximate surface area is 177 Å². The number of halogens is 1. The highest BCUT2D eigenvalue weighted by molar-refractivity contribution is 6.05. The lowest BCUT2D eigenvalue weighted by atomic mass is 10.1. The molecule has 3 heterocycles. The van der Waals surface area contributed by atoms with E-state index in [4.69, 9.17) is 0 Å². The number of nitrogens with zero attached hydrogens (tertiary/aromatic N) is 4. The molecule has 8 heteroatoms. The van der Waals surface area contributed by atoms with Gasteiger partial charge in [0.2, 0.25) is 11.9 Å². The number of imidazole rings is 1. The first kappa shape index (κ1) is 18.9. The maximum absolute atomic E-state index is 13.9. The molecule has 1 aliphatic rings. The van der Waals surface area contributed by atoms with Crippen LogP contribution in [0.1, 0.15) is 18.2 Å². The topological polar surface area (TPSA) is 80.1 Å². The molecular formula is C23H18FN5O2. The van der Waals surface area contributed by atoms with Crippen LogP contribution in [-0.2, 0) is 16.1 Å². The van der Waals surface area contributed by atoms with Gasteiger partial charge in [-0.15, -0.1) is 0 Å². The maximum Gasteiger partial charge on any atom is 0.253 e. The fourth-order valence-electron chi connectivity index (χ4n) is 3.84. The number of benzene rings is 2. The summed E-state index contributed by atoms with van der Waals surface area (Å²) in [6.45, 7) is 0.244. The number of para-hydroxylation sites is 3. The van der Waals surface area contributed by atoms with Crippen LogP contribution in [0, 0.1) is 5.82 Å². The number of fused-ring (bicyclic) bond motifs is 3. The lowest BCUT2D eigenvalue weighted by molar-refractivity contribution is -0.124. The normalized spacial score (nSPS) is 15.3. The maximum atomic E-state index is 13.9. The van der Waals surface area contributed by atoms with E-state index in [2.05, 4.69) is 15.3 Å². The van der Waals surface area contributed by atoms with Crippen molar-refractivity contribution in [3.63, 3.8) is 0 Å². The van der Waals surface area contributed by atoms with Gasteiger partial charge < -0.3 is 5.32 Å². The zero-order valence-electron chi connectivity index (χ0n) is 16.4. The van der Waals surface area contributed by atoms with E-state index in [0.29, 0.717) is 11.6 Å². The molecule has 1 unspecified atom stereocenters. The van der Waals surface area contributed by atoms with E-state index in [-0.39, 0.29) is 24.6 Å². The molecule has 0 radical (unpaired) electrons. The number of amides is 2. The predicted octanol–water partition coefficient (Wildman–Crippen LogP) is 3.69. The van der Waals surface area contributed by atoms with Crippen molar-refractivity contribution in [2.75, 3.05) is 10.2 Å². The predicted molar refractivity (Wildman–Crippen MR) is 114 cm³/mol. The third kappa shape index (κ3) is 3.42. The van der Waals surface area contributed by atoms with Crippen LogP contribution in [-0.4, -0.2) is 26.3 Å². The number of carbonyl (C=O) groups is 2. The summed E-state index contributed by atoms with van der Waals surface area (Å²) >= 11 is 0. The van der Waals surface area contributed by atoms with E-state index >= 15 is 0 Å². The Hall–Kier alpha value is -4.07. The van der Waals surface area contributed by atoms with Crippen molar-refractivity contribution in [1.29, 1.82) is 0 Å². The minimum Gasteiger partial charge on any atom is -0.324 e. The van der Waals surface area contributed by atoms with Gasteiger partial charge in [-0.3, -0.25) is 24.0 Å². The molecule has 4 aromatic rings. The van der Waals surface area contributed by atoms with Crippen molar-refractivity contribution in [2.45, 2.75) is 19.0 Å². The Balaban J connectivity index is 1.48. The van der Waals surface area contributed by atoms with Gasteiger partial charge in [0.15, 0.2) is 0 Å². The van der Waals surface area contributed by atoms with E-state index in [1.54, 1.807) is 33.9 Å². The molecule has 0 fully saturated rings. The summed E-state index contributed by atoms with van der Waals surface area (Å²) in [5.41, 5.74) is 2.29. The standard InChI is InChI=1S/C23H18FN5O2/c24-16-8-1-2-9-17(16)26-21(30)13-20-22(31)28(14-15-7-5-6-12-25-15)23-27-18-10-3-4-11-19(18)29(20)23/h1-12,20H,13-14H2,(H,26,30). The minimum atomic E-state index is -0.780. The van der Waals surface area contributed by atoms with Crippen LogP contribution < -0.4 is 10.2 Å². The summed E-state index contributed by atoms with van der Waals surface area (Å²) in [5, 5.41) is 2.56. The highest BCUT2D eigenvalue weighted by atomic mass is 19.1. The van der Waals surface area contributed by atoms with Crippen molar-refractivity contribution in [2.24, 2.45) is 0 Å². The number of carbonyl (C=O) groups excluding carboxylic acids is 2. The highest BCUT2D eigenvalue weighted by Crippen LogP contribution is 2.37. The SMILES string of the molecule is O=C(CC1C(=O)N(Cc2ccccn2)c2nc3ccccc3n21)Nc1ccccc1F. The molecule has 31 heavy (non-hydrogen) atoms. The molecule has 1 aliphatic heterocycles. The molecule has 2 aromatic heterocycles. The fourth-order valence-corrected chi connectivity index (χ4v) is 3.84. The lowest BCUT2D eigenvalue weighted by Crippen LogP contribution is -2.31. The van der Waals surface area contributed by atoms with E-state index in [0.717, 1.165) is 11.0 Å². The summed E-state index contributed by atoms with van der Waals surface area (Å²) in [4.78, 5) is 36.5. The molecule has 5 rings (SSSR count). The quantitative estimate of drug-likeness (QED) is 0.539. The van der Waals surface area contributed by atoms with E-state index in [9.17, 15) is 14.0 Å². The van der Waals surface area contributed by atoms with Gasteiger partial charge in [-0.25, -0.2) is 9.37 Å². The zero-order chi connectivity index (χ0) is 21.4. The average Bonchev–Trinajstić information content (AvgIpc) is 3.27. The Morgan fingerprint density at radius 2 is 1.81 bits per heavy atom. The van der Waals surface area contributed by atoms with Crippen LogP contribution in [0.2, 0.25) is 0 Å². The molecule has 0 aliphatic carbocycles. The molecule has 2 amide bonds. The highest BCUT2D eigenvalue weighted by Gasteiger charge is 2.41. The number of pyridine rings is 1. The number of hydrogen-bond donors (Lipinski definition) is 1. The number of rotatable bonds is 5. The van der Waals surface area contributed by atoms with E-state index in [1.165, 1.54) is 12.1 Å². The first-order chi connectivity index (χ1) is 15.1. The van der Waals surface area contributed by atoms with Crippen molar-refractivity contribution < 1.29 is 14.0 Å². The third-order valence-electron chi connectivity index (χ3n) is 5.25. The van der Waals surface area contributed by atoms with Gasteiger partial charge >= 0.3 is 0 Å². The van der Waals surface area contributed by atoms with Crippen molar-refractivity contribution in [1.82, 2.24) is 14.5 Å². The number of anilines is 2. The van der Waals surface area contributed by atoms with Gasteiger partial charge in [0.05, 0.1) is 35.4 Å². The lowest BCUT2D eigenvalue weighted by Gasteiger charge is -2.15. The summed E-state index contributed by atoms with van der Waals surface area (Å²) in [5.74, 6) is -0.755. The van der Waals surface area contributed by atoms with Gasteiger partial charge in [-0.1, -0.05) is 30.3 Å². The number of hydrogen-bond acceptors (Lipinski definition) is 4. The molecule has 154 valence electrons. The van der Waals surface area contributed by atoms with Gasteiger partial charge in [-0.2, -0.15) is 0 Å². The van der Waals surface area contributed by atoms with Crippen molar-refractivity contribution in [3.8, 4) is 0 Å². The Kier molecular flexibility index (Phi) is 4.66. The first-order valence-electron chi connectivity index (χ1n) is 9.84. The average molecular weight is 415 g/mol. The fraction of sp³-hybridized carbons (Fsp3) is 0.130. The molecule has 2 aromatic carbocycles. The molecule has 1 atom stereocenters. The molecule has 0 bridgehead atoms. The molecule has 0 spiro atoms. The summed E-state index contributed by atoms with van der Waals surface area (Å²) in [7, 11) is 0. The molecule has 0 saturated heterocycles. The van der Waals surface area contributed by atoms with Crippen LogP contribution >= 0.6 is 0 Å². The molecule has 7 nitrogen and oxygen atoms in total. The summed E-state index contributed by atoms with van der Waals surface area (Å²) in [6, 6.07) is 18.1. The smallest absolute Gasteiger partial charge is 0.253 e. The summed E-state index contributed by atoms with van der Waals surface area (Å²) in [6.07, 6.45) is 1.53. The van der Waals surface area contributed by atoms with Gasteiger partial charge in [0, 0.05) is 6.20 Å². The Bertz CT molecular complexity index is 1290. The van der Waals surface area contributed by atoms with Crippen molar-refractivity contribution in [3.05, 3.63) is 84.4 Å². The van der Waals surface area contributed by atoms with Crippen LogP contribution in [0.5, 0.6) is 0 Å². The summed E-state index contributed by atoms with van der Waals surface area (Å²) < 4.78 is 15.7. The number of aromatic nitrogens is 3. The van der Waals surface area contributed by atoms with Crippen LogP contribution in [0.3, 0.4) is 0 Å². The largest absolute Gasteiger partial charge is 0.324 e. The number of nitrogens with one attached hydrogen (secondary N) is 1. The third-order valence-corrected chi connectivity index (χ3v) is 5.25. The second kappa shape index (κ2) is 7.64. The van der Waals surface area contributed by atoms with Gasteiger partial charge in [0.25, 0.3) is 5.91 Å². The van der Waals surface area contributed by atoms with E-state index < -0.39 is 17.8 Å². The molecule has 0 saturated carbocycles. The second-order valence-electron chi connectivity index (χ2n) is 7.26. The van der Waals surface area contributed by atoms with Crippen LogP contribution in [0.15, 0.2) is 72.9 Å². The van der Waals surface area contributed by atoms with Crippen LogP contribution in [0.4, 0.5) is 16.0 Å². The van der Waals surface area contributed by atoms with Gasteiger partial charge in [-0.05, 0) is 36.4 Å². The molecular weight excluding hydrogens is 397 g/mol. The second-order valence-corrected chi connectivity index (χ2v) is 7.26. The first-order valence-corrected chi connectivity index (χ1v) is 9.84. The van der Waals surface area contributed by atoms with E-state index in [1.807, 2.05) is 36.4 Å². The molecule has 1 N–H and O–H groups in total. The van der Waals surface area contributed by atoms with Crippen LogP contribution in [0.25, 0.3) is 11.0 Å². The Morgan fingerprint density at radius 1 is 1.03 bits per heavy atom. The zero-order valence-corrected chi connectivity index (χ0v) is 16.4. The Morgan fingerprint density at radius 3 is 2.61 bits per heavy atom. The van der Waals surface area contributed by atoms with Crippen molar-refractivity contribution >= 4 is 34.5 Å².